The molecule has 1 atom stereocenters. The molecular formula is C21H25N3O6S. The van der Waals surface area contributed by atoms with Crippen LogP contribution < -0.4 is 19.7 Å². The fourth-order valence-electron chi connectivity index (χ4n) is 3.31. The van der Waals surface area contributed by atoms with Crippen LogP contribution in [0.5, 0.6) is 11.5 Å². The quantitative estimate of drug-likeness (QED) is 0.696. The van der Waals surface area contributed by atoms with Crippen molar-refractivity contribution in [2.24, 2.45) is 5.92 Å². The van der Waals surface area contributed by atoms with E-state index >= 15 is 0 Å². The topological polar surface area (TPSA) is 105 Å². The van der Waals surface area contributed by atoms with Crippen LogP contribution in [0.4, 0.5) is 11.4 Å². The van der Waals surface area contributed by atoms with E-state index in [9.17, 15) is 18.0 Å². The molecule has 0 saturated carbocycles. The lowest BCUT2D eigenvalue weighted by Crippen LogP contribution is -2.28. The van der Waals surface area contributed by atoms with E-state index in [1.807, 2.05) is 0 Å². The van der Waals surface area contributed by atoms with Crippen molar-refractivity contribution in [3.05, 3.63) is 42.5 Å². The number of ether oxygens (including phenoxy) is 2. The first-order chi connectivity index (χ1) is 14.7. The van der Waals surface area contributed by atoms with E-state index in [2.05, 4.69) is 5.32 Å². The number of nitrogens with one attached hydrogen (secondary N) is 1. The van der Waals surface area contributed by atoms with Crippen LogP contribution in [0.25, 0.3) is 0 Å². The Kier molecular flexibility index (Phi) is 6.51. The molecule has 1 unspecified atom stereocenters. The van der Waals surface area contributed by atoms with Gasteiger partial charge in [0.25, 0.3) is 0 Å². The van der Waals surface area contributed by atoms with E-state index in [-0.39, 0.29) is 35.4 Å². The van der Waals surface area contributed by atoms with E-state index in [0.29, 0.717) is 17.1 Å². The van der Waals surface area contributed by atoms with Crippen molar-refractivity contribution in [3.8, 4) is 11.5 Å². The first-order valence-corrected chi connectivity index (χ1v) is 11.0. The van der Waals surface area contributed by atoms with Gasteiger partial charge in [-0.25, -0.2) is 12.7 Å². The first-order valence-electron chi connectivity index (χ1n) is 9.53. The number of carbonyl (C=O) groups is 2. The standard InChI is InChI=1S/C21H25N3O6S/c1-23(2)31(27,28)19-11-15(8-9-18(19)30-4)22-21(26)14-10-20(25)24(13-14)16-6-5-7-17(12-16)29-3/h5-9,11-12,14H,10,13H2,1-4H3,(H,22,26). The Morgan fingerprint density at radius 2 is 1.87 bits per heavy atom. The van der Waals surface area contributed by atoms with Gasteiger partial charge in [0.1, 0.15) is 16.4 Å². The van der Waals surface area contributed by atoms with Gasteiger partial charge in [0.05, 0.1) is 20.1 Å². The molecule has 166 valence electrons. The highest BCUT2D eigenvalue weighted by Crippen LogP contribution is 2.31. The second-order valence-corrected chi connectivity index (χ2v) is 9.37. The zero-order valence-corrected chi connectivity index (χ0v) is 18.6. The van der Waals surface area contributed by atoms with Crippen molar-refractivity contribution < 1.29 is 27.5 Å². The van der Waals surface area contributed by atoms with Gasteiger partial charge in [-0.05, 0) is 30.3 Å². The van der Waals surface area contributed by atoms with Gasteiger partial charge >= 0.3 is 0 Å². The van der Waals surface area contributed by atoms with Crippen LogP contribution in [0.2, 0.25) is 0 Å². The molecule has 1 N–H and O–H groups in total. The molecule has 9 nitrogen and oxygen atoms in total. The number of hydrogen-bond acceptors (Lipinski definition) is 6. The van der Waals surface area contributed by atoms with Gasteiger partial charge in [-0.3, -0.25) is 9.59 Å². The monoisotopic (exact) mass is 447 g/mol. The molecule has 1 heterocycles. The molecule has 10 heteroatoms. The second kappa shape index (κ2) is 8.94. The van der Waals surface area contributed by atoms with Gasteiger partial charge in [0, 0.05) is 44.5 Å². The number of carbonyl (C=O) groups excluding carboxylic acids is 2. The number of hydrogen-bond donors (Lipinski definition) is 1. The summed E-state index contributed by atoms with van der Waals surface area (Å²) in [7, 11) is 1.97. The van der Waals surface area contributed by atoms with Crippen molar-refractivity contribution >= 4 is 33.2 Å². The van der Waals surface area contributed by atoms with Gasteiger partial charge in [0.2, 0.25) is 21.8 Å². The molecular weight excluding hydrogens is 422 g/mol. The predicted molar refractivity (Wildman–Crippen MR) is 116 cm³/mol. The molecule has 2 amide bonds. The minimum atomic E-state index is -3.77. The normalized spacial score (nSPS) is 16.5. The smallest absolute Gasteiger partial charge is 0.246 e. The summed E-state index contributed by atoms with van der Waals surface area (Å²) in [5.41, 5.74) is 0.960. The van der Waals surface area contributed by atoms with Crippen LogP contribution in [0, 0.1) is 5.92 Å². The summed E-state index contributed by atoms with van der Waals surface area (Å²) in [5.74, 6) is -0.316. The maximum Gasteiger partial charge on any atom is 0.246 e. The number of nitrogens with zero attached hydrogens (tertiary/aromatic N) is 2. The molecule has 31 heavy (non-hydrogen) atoms. The van der Waals surface area contributed by atoms with Crippen molar-refractivity contribution in [1.29, 1.82) is 0 Å². The minimum absolute atomic E-state index is 0.0571. The van der Waals surface area contributed by atoms with Gasteiger partial charge < -0.3 is 19.7 Å². The Balaban J connectivity index is 1.78. The van der Waals surface area contributed by atoms with Crippen LogP contribution in [-0.2, 0) is 19.6 Å². The summed E-state index contributed by atoms with van der Waals surface area (Å²) in [5, 5.41) is 2.72. The third-order valence-electron chi connectivity index (χ3n) is 5.05. The van der Waals surface area contributed by atoms with Gasteiger partial charge in [-0.1, -0.05) is 6.07 Å². The number of methoxy groups -OCH3 is 2. The van der Waals surface area contributed by atoms with Gasteiger partial charge in [-0.2, -0.15) is 0 Å². The molecule has 3 rings (SSSR count). The van der Waals surface area contributed by atoms with Gasteiger partial charge in [0.15, 0.2) is 0 Å². The van der Waals surface area contributed by atoms with Crippen LogP contribution in [0.3, 0.4) is 0 Å². The fraction of sp³-hybridized carbons (Fsp3) is 0.333. The van der Waals surface area contributed by atoms with Crippen molar-refractivity contribution in [3.63, 3.8) is 0 Å². The number of benzene rings is 2. The Morgan fingerprint density at radius 1 is 1.13 bits per heavy atom. The number of anilines is 2. The average molecular weight is 448 g/mol. The molecule has 1 fully saturated rings. The van der Waals surface area contributed by atoms with E-state index in [1.54, 1.807) is 42.3 Å². The molecule has 0 aliphatic carbocycles. The fourth-order valence-corrected chi connectivity index (χ4v) is 4.38. The molecule has 0 spiro atoms. The third-order valence-corrected chi connectivity index (χ3v) is 6.89. The molecule has 1 aliphatic heterocycles. The summed E-state index contributed by atoms with van der Waals surface area (Å²) in [6, 6.07) is 11.5. The van der Waals surface area contributed by atoms with E-state index < -0.39 is 15.9 Å². The van der Waals surface area contributed by atoms with Crippen molar-refractivity contribution in [2.45, 2.75) is 11.3 Å². The minimum Gasteiger partial charge on any atom is -0.497 e. The van der Waals surface area contributed by atoms with Crippen LogP contribution in [-0.4, -0.2) is 59.4 Å². The van der Waals surface area contributed by atoms with Crippen molar-refractivity contribution in [1.82, 2.24) is 4.31 Å². The molecule has 0 radical (unpaired) electrons. The summed E-state index contributed by atoms with van der Waals surface area (Å²) < 4.78 is 36.6. The summed E-state index contributed by atoms with van der Waals surface area (Å²) in [6.45, 7) is 0.219. The van der Waals surface area contributed by atoms with Crippen LogP contribution >= 0.6 is 0 Å². The zero-order valence-electron chi connectivity index (χ0n) is 17.8. The highest BCUT2D eigenvalue weighted by atomic mass is 32.2. The van der Waals surface area contributed by atoms with Crippen molar-refractivity contribution in [2.75, 3.05) is 45.1 Å². The maximum atomic E-state index is 12.8. The Hall–Kier alpha value is -3.11. The predicted octanol–water partition coefficient (Wildman–Crippen LogP) is 1.95. The molecule has 1 saturated heterocycles. The molecule has 2 aromatic rings. The van der Waals surface area contributed by atoms with E-state index in [1.165, 1.54) is 33.3 Å². The average Bonchev–Trinajstić information content (AvgIpc) is 3.15. The lowest BCUT2D eigenvalue weighted by molar-refractivity contribution is -0.122. The molecule has 0 bridgehead atoms. The zero-order chi connectivity index (χ0) is 22.8. The van der Waals surface area contributed by atoms with Gasteiger partial charge in [-0.15, -0.1) is 0 Å². The summed E-state index contributed by atoms with van der Waals surface area (Å²) in [6.07, 6.45) is 0.0576. The number of sulfonamides is 1. The highest BCUT2D eigenvalue weighted by molar-refractivity contribution is 7.89. The van der Waals surface area contributed by atoms with Crippen LogP contribution in [0.15, 0.2) is 47.4 Å². The Labute approximate surface area is 181 Å². The van der Waals surface area contributed by atoms with E-state index in [4.69, 9.17) is 9.47 Å². The second-order valence-electron chi connectivity index (χ2n) is 7.25. The summed E-state index contributed by atoms with van der Waals surface area (Å²) in [4.78, 5) is 26.8. The summed E-state index contributed by atoms with van der Waals surface area (Å²) >= 11 is 0. The lowest BCUT2D eigenvalue weighted by Gasteiger charge is -2.18. The Bertz CT molecular complexity index is 1100. The number of rotatable bonds is 7. The lowest BCUT2D eigenvalue weighted by atomic mass is 10.1. The Morgan fingerprint density at radius 3 is 2.52 bits per heavy atom. The SMILES string of the molecule is COc1cccc(N2CC(C(=O)Nc3ccc(OC)c(S(=O)(=O)N(C)C)c3)CC2=O)c1. The first kappa shape index (κ1) is 22.6. The third kappa shape index (κ3) is 4.64. The molecule has 1 aliphatic rings. The number of amides is 2. The largest absolute Gasteiger partial charge is 0.497 e. The van der Waals surface area contributed by atoms with E-state index in [0.717, 1.165) is 4.31 Å². The van der Waals surface area contributed by atoms with Crippen LogP contribution in [0.1, 0.15) is 6.42 Å². The highest BCUT2D eigenvalue weighted by Gasteiger charge is 2.35. The molecule has 2 aromatic carbocycles. The maximum absolute atomic E-state index is 12.8. The molecule has 0 aromatic heterocycles.